The molecule has 0 bridgehead atoms. The molecule has 6 nitrogen and oxygen atoms in total. The van der Waals surface area contributed by atoms with Gasteiger partial charge in [0.15, 0.2) is 5.11 Å². The van der Waals surface area contributed by atoms with Crippen LogP contribution in [0.2, 0.25) is 0 Å². The van der Waals surface area contributed by atoms with Gasteiger partial charge < -0.3 is 15.0 Å². The van der Waals surface area contributed by atoms with Crippen LogP contribution in [-0.4, -0.2) is 45.9 Å². The maximum atomic E-state index is 13.0. The van der Waals surface area contributed by atoms with E-state index in [1.54, 1.807) is 47.6 Å². The number of ether oxygens (including phenoxy) is 1. The summed E-state index contributed by atoms with van der Waals surface area (Å²) in [6.45, 7) is 4.39. The lowest BCUT2D eigenvalue weighted by molar-refractivity contribution is -0.131. The van der Waals surface area contributed by atoms with Crippen LogP contribution in [0.5, 0.6) is 5.75 Å². The number of benzene rings is 1. The Labute approximate surface area is 174 Å². The fraction of sp³-hybridized carbons (Fsp3) is 0.350. The summed E-state index contributed by atoms with van der Waals surface area (Å²) < 4.78 is 5.12. The van der Waals surface area contributed by atoms with Crippen molar-refractivity contribution in [1.82, 2.24) is 9.80 Å². The molecule has 8 heteroatoms. The summed E-state index contributed by atoms with van der Waals surface area (Å²) in [6.07, 6.45) is 0.0458. The molecular weight excluding hydrogens is 394 g/mol. The van der Waals surface area contributed by atoms with Crippen LogP contribution < -0.4 is 10.1 Å². The summed E-state index contributed by atoms with van der Waals surface area (Å²) in [7, 11) is 1.59. The Morgan fingerprint density at radius 3 is 2.57 bits per heavy atom. The molecule has 1 aromatic heterocycles. The van der Waals surface area contributed by atoms with Crippen LogP contribution >= 0.6 is 23.6 Å². The van der Waals surface area contributed by atoms with Gasteiger partial charge in [0, 0.05) is 16.6 Å². The fourth-order valence-corrected chi connectivity index (χ4v) is 4.38. The number of nitrogens with zero attached hydrogens (tertiary/aromatic N) is 2. The zero-order chi connectivity index (χ0) is 20.3. The highest BCUT2D eigenvalue weighted by atomic mass is 32.1. The van der Waals surface area contributed by atoms with Crippen LogP contribution in [0.4, 0.5) is 5.69 Å². The molecule has 0 radical (unpaired) electrons. The molecule has 2 heterocycles. The van der Waals surface area contributed by atoms with E-state index >= 15 is 0 Å². The second kappa shape index (κ2) is 8.70. The molecular formula is C20H23N3O3S2. The second-order valence-corrected chi connectivity index (χ2v) is 8.18. The van der Waals surface area contributed by atoms with Gasteiger partial charge in [-0.15, -0.1) is 11.3 Å². The number of amides is 2. The molecule has 0 aliphatic carbocycles. The van der Waals surface area contributed by atoms with Crippen molar-refractivity contribution in [3.05, 3.63) is 46.7 Å². The smallest absolute Gasteiger partial charge is 0.252 e. The molecule has 2 aromatic rings. The highest BCUT2D eigenvalue weighted by Crippen LogP contribution is 2.26. The summed E-state index contributed by atoms with van der Waals surface area (Å²) in [4.78, 5) is 30.1. The van der Waals surface area contributed by atoms with E-state index in [4.69, 9.17) is 17.0 Å². The van der Waals surface area contributed by atoms with Crippen molar-refractivity contribution in [3.63, 3.8) is 0 Å². The lowest BCUT2D eigenvalue weighted by Gasteiger charge is -2.27. The average Bonchev–Trinajstić information content (AvgIpc) is 3.25. The Morgan fingerprint density at radius 1 is 1.29 bits per heavy atom. The van der Waals surface area contributed by atoms with Crippen LogP contribution in [0, 0.1) is 0 Å². The third-order valence-corrected chi connectivity index (χ3v) is 5.83. The quantitative estimate of drug-likeness (QED) is 0.699. The number of carbonyl (C=O) groups is 2. The molecule has 1 N–H and O–H groups in total. The second-order valence-electron chi connectivity index (χ2n) is 6.78. The summed E-state index contributed by atoms with van der Waals surface area (Å²) in [5.74, 6) is 0.358. The lowest BCUT2D eigenvalue weighted by Crippen LogP contribution is -2.42. The number of nitrogens with one attached hydrogen (secondary N) is 1. The third-order valence-electron chi connectivity index (χ3n) is 4.54. The number of hydrogen-bond acceptors (Lipinski definition) is 5. The number of methoxy groups -OCH3 is 1. The topological polar surface area (TPSA) is 61.9 Å². The first-order chi connectivity index (χ1) is 13.4. The maximum absolute atomic E-state index is 13.0. The number of thiophene rings is 1. The molecule has 1 atom stereocenters. The summed E-state index contributed by atoms with van der Waals surface area (Å²) in [5.41, 5.74) is 0.658. The summed E-state index contributed by atoms with van der Waals surface area (Å²) in [6, 6.07) is 10.4. The molecule has 148 valence electrons. The van der Waals surface area contributed by atoms with Crippen molar-refractivity contribution in [2.45, 2.75) is 38.9 Å². The van der Waals surface area contributed by atoms with Gasteiger partial charge in [-0.25, -0.2) is 0 Å². The van der Waals surface area contributed by atoms with E-state index in [-0.39, 0.29) is 24.3 Å². The molecule has 0 saturated carbocycles. The van der Waals surface area contributed by atoms with Crippen molar-refractivity contribution < 1.29 is 14.3 Å². The Hall–Kier alpha value is -2.45. The normalized spacial score (nSPS) is 16.8. The first kappa shape index (κ1) is 20.3. The van der Waals surface area contributed by atoms with Gasteiger partial charge in [0.1, 0.15) is 11.8 Å². The van der Waals surface area contributed by atoms with Gasteiger partial charge in [-0.2, -0.15) is 0 Å². The van der Waals surface area contributed by atoms with Gasteiger partial charge in [-0.05, 0) is 61.8 Å². The molecule has 1 aliphatic rings. The molecule has 1 aromatic carbocycles. The zero-order valence-electron chi connectivity index (χ0n) is 16.0. The molecule has 1 saturated heterocycles. The predicted octanol–water partition coefficient (Wildman–Crippen LogP) is 3.49. The van der Waals surface area contributed by atoms with Crippen LogP contribution in [0.3, 0.4) is 0 Å². The minimum absolute atomic E-state index is 0.0172. The van der Waals surface area contributed by atoms with Crippen LogP contribution in [0.15, 0.2) is 41.8 Å². The first-order valence-electron chi connectivity index (χ1n) is 9.00. The minimum Gasteiger partial charge on any atom is -0.497 e. The van der Waals surface area contributed by atoms with Gasteiger partial charge in [0.05, 0.1) is 20.1 Å². The minimum atomic E-state index is -0.592. The summed E-state index contributed by atoms with van der Waals surface area (Å²) in [5, 5.41) is 5.30. The highest BCUT2D eigenvalue weighted by Gasteiger charge is 2.44. The Kier molecular flexibility index (Phi) is 6.31. The van der Waals surface area contributed by atoms with E-state index < -0.39 is 6.04 Å². The number of carbonyl (C=O) groups excluding carboxylic acids is 2. The van der Waals surface area contributed by atoms with E-state index in [1.807, 2.05) is 36.3 Å². The largest absolute Gasteiger partial charge is 0.497 e. The number of anilines is 1. The third kappa shape index (κ3) is 4.34. The van der Waals surface area contributed by atoms with E-state index in [2.05, 4.69) is 5.32 Å². The van der Waals surface area contributed by atoms with Crippen LogP contribution in [0.25, 0.3) is 0 Å². The number of rotatable bonds is 7. The van der Waals surface area contributed by atoms with Gasteiger partial charge in [0.2, 0.25) is 5.91 Å². The number of hydrogen-bond donors (Lipinski definition) is 1. The van der Waals surface area contributed by atoms with Crippen molar-refractivity contribution in [2.75, 3.05) is 12.4 Å². The molecule has 0 spiro atoms. The molecule has 0 unspecified atom stereocenters. The van der Waals surface area contributed by atoms with E-state index in [9.17, 15) is 9.59 Å². The van der Waals surface area contributed by atoms with Crippen molar-refractivity contribution in [3.8, 4) is 5.75 Å². The Balaban J connectivity index is 1.71. The van der Waals surface area contributed by atoms with Crippen molar-refractivity contribution in [2.24, 2.45) is 0 Å². The SMILES string of the molecule is COc1ccc(NC(=O)C[C@H]2C(=O)N(Cc3cccs3)C(=S)N2C(C)C)cc1. The van der Waals surface area contributed by atoms with Crippen LogP contribution in [0.1, 0.15) is 25.1 Å². The number of thiocarbonyl (C=S) groups is 1. The Morgan fingerprint density at radius 2 is 2.00 bits per heavy atom. The van der Waals surface area contributed by atoms with Gasteiger partial charge in [-0.1, -0.05) is 6.07 Å². The van der Waals surface area contributed by atoms with Gasteiger partial charge >= 0.3 is 0 Å². The van der Waals surface area contributed by atoms with E-state index in [1.165, 1.54) is 0 Å². The highest BCUT2D eigenvalue weighted by molar-refractivity contribution is 7.80. The van der Waals surface area contributed by atoms with Gasteiger partial charge in [0.25, 0.3) is 5.91 Å². The van der Waals surface area contributed by atoms with Crippen LogP contribution in [-0.2, 0) is 16.1 Å². The monoisotopic (exact) mass is 417 g/mol. The molecule has 2 amide bonds. The van der Waals surface area contributed by atoms with Crippen molar-refractivity contribution >= 4 is 46.2 Å². The molecule has 3 rings (SSSR count). The fourth-order valence-electron chi connectivity index (χ4n) is 3.20. The predicted molar refractivity (Wildman–Crippen MR) is 114 cm³/mol. The average molecular weight is 418 g/mol. The van der Waals surface area contributed by atoms with Crippen molar-refractivity contribution in [1.29, 1.82) is 0 Å². The van der Waals surface area contributed by atoms with E-state index in [0.29, 0.717) is 23.1 Å². The Bertz CT molecular complexity index is 850. The first-order valence-corrected chi connectivity index (χ1v) is 10.3. The molecule has 1 aliphatic heterocycles. The maximum Gasteiger partial charge on any atom is 0.252 e. The van der Waals surface area contributed by atoms with E-state index in [0.717, 1.165) is 4.88 Å². The van der Waals surface area contributed by atoms with Gasteiger partial charge in [-0.3, -0.25) is 14.5 Å². The molecule has 1 fully saturated rings. The lowest BCUT2D eigenvalue weighted by atomic mass is 10.1. The standard InChI is InChI=1S/C20H23N3O3S2/c1-13(2)23-17(11-18(24)21-14-6-8-15(26-3)9-7-14)19(25)22(20(23)27)12-16-5-4-10-28-16/h4-10,13,17H,11-12H2,1-3H3,(H,21,24)/t17-/m0/s1. The zero-order valence-corrected chi connectivity index (χ0v) is 17.7. The summed E-state index contributed by atoms with van der Waals surface area (Å²) >= 11 is 7.15. The molecule has 28 heavy (non-hydrogen) atoms.